The van der Waals surface area contributed by atoms with Crippen LogP contribution in [0.3, 0.4) is 0 Å². The standard InChI is InChI=1S/C15H15N5O4S/c1-8-4-12(20-24-8)19-14(22)7-25-6-13(21)16-9-2-3-10-11(5-9)18-15(23)17-10/h2-5H,6-7H2,1H3,(H,16,21)(H2,17,18,23)(H,19,20,22). The number of H-pyrrole nitrogens is 2. The molecular weight excluding hydrogens is 346 g/mol. The van der Waals surface area contributed by atoms with Gasteiger partial charge in [0.15, 0.2) is 5.82 Å². The van der Waals surface area contributed by atoms with E-state index in [2.05, 4.69) is 25.8 Å². The fraction of sp³-hybridized carbons (Fsp3) is 0.200. The second kappa shape index (κ2) is 7.26. The molecule has 0 fully saturated rings. The molecule has 0 radical (unpaired) electrons. The topological polar surface area (TPSA) is 133 Å². The van der Waals surface area contributed by atoms with Crippen molar-refractivity contribution in [2.24, 2.45) is 0 Å². The van der Waals surface area contributed by atoms with Gasteiger partial charge in [0.2, 0.25) is 11.8 Å². The highest BCUT2D eigenvalue weighted by atomic mass is 32.2. The molecule has 2 aromatic heterocycles. The van der Waals surface area contributed by atoms with Gasteiger partial charge in [0, 0.05) is 11.8 Å². The first-order chi connectivity index (χ1) is 12.0. The predicted octanol–water partition coefficient (Wildman–Crippen LogP) is 1.46. The Morgan fingerprint density at radius 3 is 2.56 bits per heavy atom. The average molecular weight is 361 g/mol. The molecule has 1 aromatic carbocycles. The van der Waals surface area contributed by atoms with Crippen LogP contribution in [0.25, 0.3) is 11.0 Å². The molecule has 0 atom stereocenters. The Morgan fingerprint density at radius 2 is 1.84 bits per heavy atom. The van der Waals surface area contributed by atoms with Crippen molar-refractivity contribution >= 4 is 46.1 Å². The van der Waals surface area contributed by atoms with E-state index in [0.717, 1.165) is 0 Å². The first-order valence-electron chi connectivity index (χ1n) is 7.32. The number of carbonyl (C=O) groups excluding carboxylic acids is 2. The highest BCUT2D eigenvalue weighted by Crippen LogP contribution is 2.15. The number of benzene rings is 1. The molecule has 25 heavy (non-hydrogen) atoms. The lowest BCUT2D eigenvalue weighted by Crippen LogP contribution is -2.18. The van der Waals surface area contributed by atoms with Gasteiger partial charge in [0.25, 0.3) is 0 Å². The zero-order chi connectivity index (χ0) is 17.8. The molecule has 0 saturated heterocycles. The Labute approximate surface area is 145 Å². The van der Waals surface area contributed by atoms with Crippen molar-refractivity contribution in [2.75, 3.05) is 22.1 Å². The number of anilines is 2. The Kier molecular flexibility index (Phi) is 4.89. The van der Waals surface area contributed by atoms with E-state index in [9.17, 15) is 14.4 Å². The number of rotatable bonds is 6. The fourth-order valence-corrected chi connectivity index (χ4v) is 2.77. The first-order valence-corrected chi connectivity index (χ1v) is 8.48. The van der Waals surface area contributed by atoms with Crippen LogP contribution in [0.1, 0.15) is 5.76 Å². The Morgan fingerprint density at radius 1 is 1.12 bits per heavy atom. The summed E-state index contributed by atoms with van der Waals surface area (Å²) in [7, 11) is 0. The van der Waals surface area contributed by atoms with E-state index in [4.69, 9.17) is 4.52 Å². The normalized spacial score (nSPS) is 10.8. The minimum Gasteiger partial charge on any atom is -0.360 e. The van der Waals surface area contributed by atoms with Gasteiger partial charge in [-0.1, -0.05) is 5.16 Å². The zero-order valence-corrected chi connectivity index (χ0v) is 14.0. The van der Waals surface area contributed by atoms with Crippen LogP contribution in [0.4, 0.5) is 11.5 Å². The monoisotopic (exact) mass is 361 g/mol. The lowest BCUT2D eigenvalue weighted by atomic mass is 10.3. The number of fused-ring (bicyclic) bond motifs is 1. The predicted molar refractivity (Wildman–Crippen MR) is 94.7 cm³/mol. The summed E-state index contributed by atoms with van der Waals surface area (Å²) in [4.78, 5) is 40.1. The number of amides is 2. The van der Waals surface area contributed by atoms with Crippen LogP contribution in [-0.4, -0.2) is 38.4 Å². The molecule has 9 nitrogen and oxygen atoms in total. The molecule has 0 bridgehead atoms. The summed E-state index contributed by atoms with van der Waals surface area (Å²) in [6.45, 7) is 1.72. The molecule has 0 aliphatic rings. The van der Waals surface area contributed by atoms with Crippen LogP contribution in [0.2, 0.25) is 0 Å². The zero-order valence-electron chi connectivity index (χ0n) is 13.2. The Bertz CT molecular complexity index is 974. The number of aromatic amines is 2. The largest absolute Gasteiger partial charge is 0.360 e. The van der Waals surface area contributed by atoms with Crippen molar-refractivity contribution in [1.82, 2.24) is 15.1 Å². The van der Waals surface area contributed by atoms with Crippen LogP contribution < -0.4 is 16.3 Å². The van der Waals surface area contributed by atoms with Crippen LogP contribution >= 0.6 is 11.8 Å². The molecule has 2 heterocycles. The van der Waals surface area contributed by atoms with Crippen molar-refractivity contribution in [3.05, 3.63) is 40.5 Å². The van der Waals surface area contributed by atoms with Crippen molar-refractivity contribution in [3.8, 4) is 0 Å². The minimum absolute atomic E-state index is 0.115. The third kappa shape index (κ3) is 4.51. The molecule has 4 N–H and O–H groups in total. The number of nitrogens with one attached hydrogen (secondary N) is 4. The van der Waals surface area contributed by atoms with Crippen molar-refractivity contribution < 1.29 is 14.1 Å². The third-order valence-corrected chi connectivity index (χ3v) is 4.09. The van der Waals surface area contributed by atoms with Gasteiger partial charge >= 0.3 is 5.69 Å². The maximum atomic E-state index is 11.9. The molecule has 0 spiro atoms. The van der Waals surface area contributed by atoms with Crippen LogP contribution in [-0.2, 0) is 9.59 Å². The van der Waals surface area contributed by atoms with Crippen molar-refractivity contribution in [3.63, 3.8) is 0 Å². The number of aromatic nitrogens is 3. The number of hydrogen-bond acceptors (Lipinski definition) is 6. The van der Waals surface area contributed by atoms with E-state index in [-0.39, 0.29) is 29.0 Å². The number of imidazole rings is 1. The van der Waals surface area contributed by atoms with E-state index in [1.165, 1.54) is 11.8 Å². The van der Waals surface area contributed by atoms with E-state index in [0.29, 0.717) is 28.3 Å². The van der Waals surface area contributed by atoms with Gasteiger partial charge in [-0.05, 0) is 25.1 Å². The van der Waals surface area contributed by atoms with Gasteiger partial charge in [-0.3, -0.25) is 9.59 Å². The molecule has 3 rings (SSSR count). The van der Waals surface area contributed by atoms with E-state index >= 15 is 0 Å². The van der Waals surface area contributed by atoms with Gasteiger partial charge in [0.05, 0.1) is 22.5 Å². The molecule has 0 saturated carbocycles. The van der Waals surface area contributed by atoms with Crippen molar-refractivity contribution in [2.45, 2.75) is 6.92 Å². The molecule has 3 aromatic rings. The first kappa shape index (κ1) is 16.8. The Hall–Kier alpha value is -3.01. The summed E-state index contributed by atoms with van der Waals surface area (Å²) in [6, 6.07) is 6.66. The SMILES string of the molecule is Cc1cc(NC(=O)CSCC(=O)Nc2ccc3[nH]c(=O)[nH]c3c2)no1. The summed E-state index contributed by atoms with van der Waals surface area (Å²) in [5.41, 5.74) is 1.54. The van der Waals surface area contributed by atoms with Crippen LogP contribution in [0.5, 0.6) is 0 Å². The lowest BCUT2D eigenvalue weighted by Gasteiger charge is -2.05. The molecular formula is C15H15N5O4S. The van der Waals surface area contributed by atoms with Gasteiger partial charge in [-0.25, -0.2) is 4.79 Å². The van der Waals surface area contributed by atoms with Gasteiger partial charge < -0.3 is 25.1 Å². The average Bonchev–Trinajstić information content (AvgIpc) is 3.11. The number of nitrogens with zero attached hydrogens (tertiary/aromatic N) is 1. The summed E-state index contributed by atoms with van der Waals surface area (Å²) in [6.07, 6.45) is 0. The lowest BCUT2D eigenvalue weighted by molar-refractivity contribution is -0.114. The summed E-state index contributed by atoms with van der Waals surface area (Å²) in [5, 5.41) is 8.95. The fourth-order valence-electron chi connectivity index (χ4n) is 2.15. The molecule has 0 unspecified atom stereocenters. The highest BCUT2D eigenvalue weighted by Gasteiger charge is 2.09. The third-order valence-electron chi connectivity index (χ3n) is 3.16. The Balaban J connectivity index is 1.45. The van der Waals surface area contributed by atoms with Gasteiger partial charge in [-0.15, -0.1) is 11.8 Å². The molecule has 10 heteroatoms. The molecule has 2 amide bonds. The van der Waals surface area contributed by atoms with Crippen molar-refractivity contribution in [1.29, 1.82) is 0 Å². The number of thioether (sulfide) groups is 1. The number of aryl methyl sites for hydroxylation is 1. The van der Waals surface area contributed by atoms with E-state index in [1.54, 1.807) is 31.2 Å². The maximum Gasteiger partial charge on any atom is 0.323 e. The maximum absolute atomic E-state index is 11.9. The number of carbonyl (C=O) groups is 2. The second-order valence-electron chi connectivity index (χ2n) is 5.25. The summed E-state index contributed by atoms with van der Waals surface area (Å²) >= 11 is 1.18. The highest BCUT2D eigenvalue weighted by molar-refractivity contribution is 8.00. The minimum atomic E-state index is -0.303. The van der Waals surface area contributed by atoms with E-state index in [1.807, 2.05) is 0 Å². The number of hydrogen-bond donors (Lipinski definition) is 4. The summed E-state index contributed by atoms with van der Waals surface area (Å²) in [5.74, 6) is 0.672. The van der Waals surface area contributed by atoms with Gasteiger partial charge in [-0.2, -0.15) is 0 Å². The van der Waals surface area contributed by atoms with Crippen LogP contribution in [0, 0.1) is 6.92 Å². The van der Waals surface area contributed by atoms with Gasteiger partial charge in [0.1, 0.15) is 5.76 Å². The molecule has 130 valence electrons. The molecule has 0 aliphatic carbocycles. The van der Waals surface area contributed by atoms with E-state index < -0.39 is 0 Å². The summed E-state index contributed by atoms with van der Waals surface area (Å²) < 4.78 is 4.85. The quantitative estimate of drug-likeness (QED) is 0.525. The van der Waals surface area contributed by atoms with Crippen LogP contribution in [0.15, 0.2) is 33.6 Å². The second-order valence-corrected chi connectivity index (χ2v) is 6.24. The molecule has 0 aliphatic heterocycles. The smallest absolute Gasteiger partial charge is 0.323 e.